The molecular formula is C20H22O4. The van der Waals surface area contributed by atoms with Crippen molar-refractivity contribution in [2.24, 2.45) is 0 Å². The number of aryl methyl sites for hydroxylation is 1. The Hall–Kier alpha value is -2.62. The molecule has 0 atom stereocenters. The topological polar surface area (TPSA) is 36.9 Å². The van der Waals surface area contributed by atoms with Crippen LogP contribution in [0.3, 0.4) is 0 Å². The Morgan fingerprint density at radius 2 is 1.33 bits per heavy atom. The molecule has 0 unspecified atom stereocenters. The summed E-state index contributed by atoms with van der Waals surface area (Å²) < 4.78 is 21.5. The van der Waals surface area contributed by atoms with E-state index in [-0.39, 0.29) is 0 Å². The van der Waals surface area contributed by atoms with Crippen molar-refractivity contribution in [3.8, 4) is 23.0 Å². The van der Waals surface area contributed by atoms with E-state index in [1.165, 1.54) is 16.7 Å². The van der Waals surface area contributed by atoms with Crippen LogP contribution in [0.25, 0.3) is 11.6 Å². The Labute approximate surface area is 142 Å². The highest BCUT2D eigenvalue weighted by atomic mass is 16.5. The van der Waals surface area contributed by atoms with E-state index >= 15 is 0 Å². The van der Waals surface area contributed by atoms with E-state index < -0.39 is 0 Å². The van der Waals surface area contributed by atoms with Gasteiger partial charge < -0.3 is 18.9 Å². The second-order valence-electron chi connectivity index (χ2n) is 5.65. The van der Waals surface area contributed by atoms with Gasteiger partial charge in [-0.05, 0) is 59.4 Å². The second kappa shape index (κ2) is 6.87. The lowest BCUT2D eigenvalue weighted by Gasteiger charge is -2.11. The zero-order valence-corrected chi connectivity index (χ0v) is 14.5. The van der Waals surface area contributed by atoms with Gasteiger partial charge in [-0.2, -0.15) is 0 Å². The lowest BCUT2D eigenvalue weighted by atomic mass is 10.0. The fourth-order valence-electron chi connectivity index (χ4n) is 3.12. The first kappa shape index (κ1) is 16.2. The molecule has 4 nitrogen and oxygen atoms in total. The normalized spacial score (nSPS) is 14.4. The van der Waals surface area contributed by atoms with Crippen molar-refractivity contribution < 1.29 is 18.9 Å². The van der Waals surface area contributed by atoms with Crippen LogP contribution >= 0.6 is 0 Å². The molecule has 0 amide bonds. The van der Waals surface area contributed by atoms with Crippen LogP contribution in [0.2, 0.25) is 0 Å². The van der Waals surface area contributed by atoms with Crippen molar-refractivity contribution in [3.05, 3.63) is 47.0 Å². The molecule has 0 fully saturated rings. The molecule has 24 heavy (non-hydrogen) atoms. The number of allylic oxidation sites excluding steroid dienone is 1. The van der Waals surface area contributed by atoms with Crippen LogP contribution in [0.5, 0.6) is 23.0 Å². The largest absolute Gasteiger partial charge is 0.493 e. The predicted octanol–water partition coefficient (Wildman–Crippen LogP) is 4.21. The van der Waals surface area contributed by atoms with Gasteiger partial charge in [0.15, 0.2) is 23.0 Å². The third-order valence-corrected chi connectivity index (χ3v) is 4.37. The Balaban J connectivity index is 2.00. The highest BCUT2D eigenvalue weighted by molar-refractivity contribution is 5.86. The highest BCUT2D eigenvalue weighted by Crippen LogP contribution is 2.41. The summed E-state index contributed by atoms with van der Waals surface area (Å²) in [5, 5.41) is 0. The minimum Gasteiger partial charge on any atom is -0.493 e. The summed E-state index contributed by atoms with van der Waals surface area (Å²) in [7, 11) is 6.62. The number of hydrogen-bond acceptors (Lipinski definition) is 4. The molecule has 0 N–H and O–H groups in total. The lowest BCUT2D eigenvalue weighted by molar-refractivity contribution is 0.354. The van der Waals surface area contributed by atoms with E-state index in [0.717, 1.165) is 41.4 Å². The monoisotopic (exact) mass is 326 g/mol. The number of hydrogen-bond donors (Lipinski definition) is 0. The van der Waals surface area contributed by atoms with E-state index in [1.807, 2.05) is 18.2 Å². The Bertz CT molecular complexity index is 777. The maximum Gasteiger partial charge on any atom is 0.161 e. The molecule has 0 heterocycles. The van der Waals surface area contributed by atoms with E-state index in [0.29, 0.717) is 0 Å². The van der Waals surface area contributed by atoms with E-state index in [4.69, 9.17) is 18.9 Å². The number of methoxy groups -OCH3 is 4. The quantitative estimate of drug-likeness (QED) is 0.825. The van der Waals surface area contributed by atoms with Crippen LogP contribution in [0.4, 0.5) is 0 Å². The summed E-state index contributed by atoms with van der Waals surface area (Å²) in [6.07, 6.45) is 4.20. The number of fused-ring (bicyclic) bond motifs is 1. The number of benzene rings is 2. The van der Waals surface area contributed by atoms with Crippen LogP contribution < -0.4 is 18.9 Å². The summed E-state index contributed by atoms with van der Waals surface area (Å²) in [6, 6.07) is 10.1. The van der Waals surface area contributed by atoms with Crippen LogP contribution in [-0.4, -0.2) is 28.4 Å². The third-order valence-electron chi connectivity index (χ3n) is 4.37. The van der Waals surface area contributed by atoms with Gasteiger partial charge in [0.05, 0.1) is 28.4 Å². The molecule has 3 rings (SSSR count). The summed E-state index contributed by atoms with van der Waals surface area (Å²) in [5.41, 5.74) is 4.89. The van der Waals surface area contributed by atoms with Gasteiger partial charge in [-0.1, -0.05) is 12.1 Å². The van der Waals surface area contributed by atoms with Gasteiger partial charge in [0.1, 0.15) is 0 Å². The molecular weight excluding hydrogens is 304 g/mol. The van der Waals surface area contributed by atoms with Gasteiger partial charge in [-0.3, -0.25) is 0 Å². The van der Waals surface area contributed by atoms with Crippen molar-refractivity contribution in [1.82, 2.24) is 0 Å². The third kappa shape index (κ3) is 2.92. The molecule has 0 radical (unpaired) electrons. The first-order valence-electron chi connectivity index (χ1n) is 7.88. The zero-order valence-electron chi connectivity index (χ0n) is 14.5. The molecule has 1 aliphatic rings. The average molecular weight is 326 g/mol. The first-order valence-corrected chi connectivity index (χ1v) is 7.88. The van der Waals surface area contributed by atoms with Gasteiger partial charge in [0, 0.05) is 0 Å². The lowest BCUT2D eigenvalue weighted by Crippen LogP contribution is -1.93. The summed E-state index contributed by atoms with van der Waals surface area (Å²) >= 11 is 0. The minimum atomic E-state index is 0.734. The summed E-state index contributed by atoms with van der Waals surface area (Å²) in [4.78, 5) is 0. The zero-order chi connectivity index (χ0) is 17.1. The van der Waals surface area contributed by atoms with Gasteiger partial charge in [0.25, 0.3) is 0 Å². The summed E-state index contributed by atoms with van der Waals surface area (Å²) in [6.45, 7) is 0. The highest BCUT2D eigenvalue weighted by Gasteiger charge is 2.20. The number of ether oxygens (including phenoxy) is 4. The molecule has 0 aliphatic heterocycles. The van der Waals surface area contributed by atoms with Crippen molar-refractivity contribution >= 4 is 11.6 Å². The molecule has 0 bridgehead atoms. The fourth-order valence-corrected chi connectivity index (χ4v) is 3.12. The van der Waals surface area contributed by atoms with Crippen LogP contribution in [0.15, 0.2) is 30.3 Å². The summed E-state index contributed by atoms with van der Waals surface area (Å²) in [5.74, 6) is 3.01. The molecule has 0 saturated heterocycles. The first-order chi connectivity index (χ1) is 11.7. The van der Waals surface area contributed by atoms with Crippen LogP contribution in [-0.2, 0) is 6.42 Å². The van der Waals surface area contributed by atoms with E-state index in [9.17, 15) is 0 Å². The molecule has 2 aromatic rings. The minimum absolute atomic E-state index is 0.734. The van der Waals surface area contributed by atoms with Crippen molar-refractivity contribution in [2.75, 3.05) is 28.4 Å². The van der Waals surface area contributed by atoms with Crippen molar-refractivity contribution in [2.45, 2.75) is 12.8 Å². The molecule has 1 aliphatic carbocycles. The molecule has 2 aromatic carbocycles. The number of rotatable bonds is 5. The van der Waals surface area contributed by atoms with Crippen molar-refractivity contribution in [3.63, 3.8) is 0 Å². The molecule has 0 aromatic heterocycles. The van der Waals surface area contributed by atoms with E-state index in [2.05, 4.69) is 18.2 Å². The average Bonchev–Trinajstić information content (AvgIpc) is 3.02. The Morgan fingerprint density at radius 1 is 0.708 bits per heavy atom. The second-order valence-corrected chi connectivity index (χ2v) is 5.65. The Morgan fingerprint density at radius 3 is 2.00 bits per heavy atom. The van der Waals surface area contributed by atoms with Gasteiger partial charge in [-0.15, -0.1) is 0 Å². The molecule has 0 saturated carbocycles. The smallest absolute Gasteiger partial charge is 0.161 e. The molecule has 0 spiro atoms. The van der Waals surface area contributed by atoms with Gasteiger partial charge in [-0.25, -0.2) is 0 Å². The standard InChI is InChI=1S/C20H22O4/c1-21-17-8-5-13(10-18(17)22-2)9-14-6-7-15-11-19(23-3)20(24-4)12-16(14)15/h5,8-12H,6-7H2,1-4H3/b14-9+. The van der Waals surface area contributed by atoms with Crippen LogP contribution in [0.1, 0.15) is 23.1 Å². The van der Waals surface area contributed by atoms with Crippen LogP contribution in [0, 0.1) is 0 Å². The molecule has 4 heteroatoms. The molecule has 126 valence electrons. The fraction of sp³-hybridized carbons (Fsp3) is 0.300. The maximum atomic E-state index is 5.44. The van der Waals surface area contributed by atoms with Crippen molar-refractivity contribution in [1.29, 1.82) is 0 Å². The SMILES string of the molecule is COc1ccc(/C=C2\CCc3cc(OC)c(OC)cc32)cc1OC. The van der Waals surface area contributed by atoms with Gasteiger partial charge in [0.2, 0.25) is 0 Å². The van der Waals surface area contributed by atoms with Gasteiger partial charge >= 0.3 is 0 Å². The van der Waals surface area contributed by atoms with E-state index in [1.54, 1.807) is 28.4 Å². The Kier molecular flexibility index (Phi) is 4.65. The maximum absolute atomic E-state index is 5.44. The predicted molar refractivity (Wildman–Crippen MR) is 95.3 cm³/mol.